The van der Waals surface area contributed by atoms with Crippen LogP contribution in [0.25, 0.3) is 8.25 Å². The second-order valence-electron chi connectivity index (χ2n) is 29.6. The van der Waals surface area contributed by atoms with Crippen molar-refractivity contribution in [3.05, 3.63) is 33.1 Å². The van der Waals surface area contributed by atoms with Gasteiger partial charge in [0.2, 0.25) is 0 Å². The van der Waals surface area contributed by atoms with Gasteiger partial charge < -0.3 is 44.8 Å². The van der Waals surface area contributed by atoms with Crippen molar-refractivity contribution in [2.75, 3.05) is 51.2 Å². The van der Waals surface area contributed by atoms with Crippen LogP contribution in [0, 0.1) is 0 Å². The maximum absolute atomic E-state index is 10.1. The maximum atomic E-state index is 10.1. The molecule has 0 amide bonds. The van der Waals surface area contributed by atoms with Gasteiger partial charge in [-0.2, -0.15) is 0 Å². The Bertz CT molecular complexity index is 1960. The molecule has 0 spiro atoms. The van der Waals surface area contributed by atoms with Gasteiger partial charge in [-0.1, -0.05) is 375 Å². The molecule has 2 aliphatic rings. The summed E-state index contributed by atoms with van der Waals surface area (Å²) in [5.74, 6) is 0. The molecule has 0 radical (unpaired) electrons. The minimum atomic E-state index is -3.74. The molecular formula is C80H164BrKN6O8S4-2. The molecule has 0 aromatic rings. The van der Waals surface area contributed by atoms with Crippen molar-refractivity contribution >= 4 is 40.1 Å². The molecule has 14 nitrogen and oxygen atoms in total. The molecule has 2 rings (SSSR count). The fourth-order valence-corrected chi connectivity index (χ4v) is 17.5. The third kappa shape index (κ3) is 79.6. The first-order valence-electron chi connectivity index (χ1n) is 41.8. The van der Waals surface area contributed by atoms with Crippen LogP contribution >= 0.6 is 0 Å². The predicted octanol–water partition coefficient (Wildman–Crippen LogP) is 18.9. The Morgan fingerprint density at radius 2 is 0.340 bits per heavy atom. The molecule has 2 aliphatic heterocycles. The van der Waals surface area contributed by atoms with Gasteiger partial charge >= 0.3 is 51.4 Å². The molecule has 20 heteroatoms. The number of nitrogens with zero attached hydrogens (tertiary/aromatic N) is 6. The third-order valence-corrected chi connectivity index (χ3v) is 23.5. The van der Waals surface area contributed by atoms with Crippen LogP contribution in [0.3, 0.4) is 0 Å². The van der Waals surface area contributed by atoms with Gasteiger partial charge in [0.25, 0.3) is 0 Å². The second-order valence-corrected chi connectivity index (χ2v) is 36.6. The van der Waals surface area contributed by atoms with Crippen LogP contribution in [0.4, 0.5) is 0 Å². The van der Waals surface area contributed by atoms with Crippen molar-refractivity contribution in [2.24, 2.45) is 0 Å². The number of sulfonamides is 4. The quantitative estimate of drug-likeness (QED) is 0.0416. The summed E-state index contributed by atoms with van der Waals surface area (Å²) in [5, 5.41) is 0. The summed E-state index contributed by atoms with van der Waals surface area (Å²) < 4.78 is 85.8. The van der Waals surface area contributed by atoms with Crippen LogP contribution in [0.15, 0.2) is 24.8 Å². The minimum absolute atomic E-state index is 0. The van der Waals surface area contributed by atoms with Gasteiger partial charge in [-0.15, -0.1) is 0 Å². The minimum Gasteiger partial charge on any atom is -1.00 e. The molecule has 0 atom stereocenters. The van der Waals surface area contributed by atoms with Gasteiger partial charge in [0.1, 0.15) is 12.3 Å². The molecule has 2 heterocycles. The third-order valence-electron chi connectivity index (χ3n) is 19.2. The fraction of sp³-hybridized carbons (Fsp3) is 0.950. The first kappa shape index (κ1) is 107. The van der Waals surface area contributed by atoms with Gasteiger partial charge in [-0.3, -0.25) is 0 Å². The monoisotopic (exact) mass is 1580 g/mol. The molecular weight excluding hydrogens is 1420 g/mol. The van der Waals surface area contributed by atoms with Crippen molar-refractivity contribution in [3.63, 3.8) is 0 Å². The molecule has 0 aliphatic carbocycles. The number of unbranched alkanes of at least 4 members (excludes halogenated alkanes) is 52. The van der Waals surface area contributed by atoms with E-state index in [9.17, 15) is 33.7 Å². The van der Waals surface area contributed by atoms with E-state index in [0.29, 0.717) is 37.4 Å². The number of hydrogen-bond acceptors (Lipinski definition) is 12. The summed E-state index contributed by atoms with van der Waals surface area (Å²) >= 11 is 0. The molecule has 0 bridgehead atoms. The van der Waals surface area contributed by atoms with E-state index in [1.165, 1.54) is 411 Å². The molecule has 596 valence electrons. The summed E-state index contributed by atoms with van der Waals surface area (Å²) in [6, 6.07) is 0. The van der Waals surface area contributed by atoms with Crippen LogP contribution in [0.2, 0.25) is 0 Å². The van der Waals surface area contributed by atoms with Crippen LogP contribution in [-0.4, -0.2) is 117 Å². The molecule has 0 N–H and O–H groups in total. The molecule has 0 saturated heterocycles. The van der Waals surface area contributed by atoms with Gasteiger partial charge in [0.05, 0.1) is 40.1 Å². The normalized spacial score (nSPS) is 13.5. The average molecular weight is 1590 g/mol. The van der Waals surface area contributed by atoms with Gasteiger partial charge in [-0.25, -0.2) is 33.7 Å². The summed E-state index contributed by atoms with van der Waals surface area (Å²) in [7, 11) is -15.0. The summed E-state index contributed by atoms with van der Waals surface area (Å²) in [4.78, 5) is 10.9. The zero-order valence-electron chi connectivity index (χ0n) is 67.7. The van der Waals surface area contributed by atoms with E-state index in [0.717, 1.165) is 0 Å². The Labute approximate surface area is 678 Å². The van der Waals surface area contributed by atoms with E-state index < -0.39 is 40.1 Å². The Kier molecular flexibility index (Phi) is 81.5. The SMILES string of the molecule is CCCCCCCCCCCCN1C=CN(CCCCCCCCCCCC)C1CCCCCCCCCCC.CCCCCCCCCCCCN1C=CN(CCCCCCCCCCCC)C1CCCCCCCCCCC.CS(=O)(=O)[N-]S(C)(=O)=O.CS(=O)(=O)[N-]S(C)(=O)=O.[Br-].[K+]. The van der Waals surface area contributed by atoms with Crippen LogP contribution < -0.4 is 68.4 Å². The molecule has 0 aromatic carbocycles. The van der Waals surface area contributed by atoms with Crippen molar-refractivity contribution < 1.29 is 102 Å². The van der Waals surface area contributed by atoms with Gasteiger partial charge in [-0.05, 0) is 51.4 Å². The Morgan fingerprint density at radius 1 is 0.220 bits per heavy atom. The summed E-state index contributed by atoms with van der Waals surface area (Å²) in [6.45, 7) is 19.0. The van der Waals surface area contributed by atoms with E-state index in [1.54, 1.807) is 0 Å². The van der Waals surface area contributed by atoms with Crippen molar-refractivity contribution in [1.82, 2.24) is 19.6 Å². The predicted molar refractivity (Wildman–Crippen MR) is 430 cm³/mol. The number of halogens is 1. The molecule has 100 heavy (non-hydrogen) atoms. The Hall–Kier alpha value is 0.516. The Morgan fingerprint density at radius 3 is 0.460 bits per heavy atom. The summed E-state index contributed by atoms with van der Waals surface area (Å²) in [6.07, 6.45) is 99.7. The van der Waals surface area contributed by atoms with Crippen LogP contribution in [-0.2, 0) is 40.1 Å². The largest absolute Gasteiger partial charge is 1.00 e. The molecule has 0 saturated carbocycles. The average Bonchev–Trinajstić information content (AvgIpc) is 1.71. The molecule has 0 aromatic heterocycles. The molecule has 0 unspecified atom stereocenters. The molecule has 0 fully saturated rings. The summed E-state index contributed by atoms with van der Waals surface area (Å²) in [5.41, 5.74) is 0. The van der Waals surface area contributed by atoms with Gasteiger partial charge in [0, 0.05) is 76.0 Å². The first-order valence-corrected chi connectivity index (χ1v) is 49.1. The van der Waals surface area contributed by atoms with E-state index in [4.69, 9.17) is 0 Å². The fourth-order valence-electron chi connectivity index (χ4n) is 13.6. The standard InChI is InChI=1S/2C38H76N2.2C2H6NO4S2.BrH.K/c2*1-4-7-10-13-16-19-22-25-28-31-34-39-36-37-40(35-32-29-26-23-20-17-14-11-8-5-2)38(39)33-30-27-24-21-18-15-12-9-6-3;2*1-8(4,5)3-9(2,6)7;;/h2*36-38H,4-35H2,1-3H3;2*1-2H3;1H;/q;;2*-1;;+1/p-1. The van der Waals surface area contributed by atoms with E-state index in [2.05, 4.69) is 94.2 Å². The zero-order chi connectivity index (χ0) is 73.0. The zero-order valence-corrected chi connectivity index (χ0v) is 75.7. The topological polar surface area (TPSA) is 178 Å². The van der Waals surface area contributed by atoms with Crippen LogP contribution in [0.5, 0.6) is 0 Å². The van der Waals surface area contributed by atoms with E-state index in [1.807, 2.05) is 0 Å². The van der Waals surface area contributed by atoms with Crippen molar-refractivity contribution in [2.45, 2.75) is 439 Å². The van der Waals surface area contributed by atoms with Crippen molar-refractivity contribution in [1.29, 1.82) is 0 Å². The first-order chi connectivity index (χ1) is 47.1. The Balaban J connectivity index is -0.000000724. The number of hydrogen-bond donors (Lipinski definition) is 0. The van der Waals surface area contributed by atoms with Gasteiger partial charge in [0.15, 0.2) is 0 Å². The van der Waals surface area contributed by atoms with E-state index >= 15 is 0 Å². The smallest absolute Gasteiger partial charge is 1.00 e. The number of rotatable bonds is 68. The van der Waals surface area contributed by atoms with Crippen LogP contribution in [0.1, 0.15) is 427 Å². The van der Waals surface area contributed by atoms with E-state index in [-0.39, 0.29) is 68.4 Å². The second kappa shape index (κ2) is 76.3. The maximum Gasteiger partial charge on any atom is 1.00 e. The van der Waals surface area contributed by atoms with Crippen molar-refractivity contribution in [3.8, 4) is 0 Å².